The SMILES string of the molecule is CC1CC1c1cc2n(n1)C1CCCC1CN2. The third kappa shape index (κ3) is 1.17. The van der Waals surface area contributed by atoms with Crippen molar-refractivity contribution >= 4 is 5.82 Å². The van der Waals surface area contributed by atoms with Crippen LogP contribution in [-0.4, -0.2) is 16.3 Å². The fourth-order valence-electron chi connectivity index (χ4n) is 3.53. The van der Waals surface area contributed by atoms with Gasteiger partial charge in [-0.15, -0.1) is 0 Å². The Morgan fingerprint density at radius 2 is 2.31 bits per heavy atom. The molecule has 16 heavy (non-hydrogen) atoms. The lowest BCUT2D eigenvalue weighted by Gasteiger charge is -2.28. The van der Waals surface area contributed by atoms with E-state index >= 15 is 0 Å². The summed E-state index contributed by atoms with van der Waals surface area (Å²) in [5, 5.41) is 8.41. The molecule has 1 aromatic heterocycles. The van der Waals surface area contributed by atoms with Crippen molar-refractivity contribution in [1.29, 1.82) is 0 Å². The Labute approximate surface area is 96.2 Å². The molecule has 2 fully saturated rings. The summed E-state index contributed by atoms with van der Waals surface area (Å²) in [5.41, 5.74) is 1.34. The average molecular weight is 217 g/mol. The molecule has 2 aliphatic carbocycles. The van der Waals surface area contributed by atoms with Crippen molar-refractivity contribution in [2.75, 3.05) is 11.9 Å². The lowest BCUT2D eigenvalue weighted by Crippen LogP contribution is -2.29. The van der Waals surface area contributed by atoms with Crippen LogP contribution in [0, 0.1) is 11.8 Å². The first kappa shape index (κ1) is 9.08. The number of aromatic nitrogens is 2. The number of rotatable bonds is 1. The maximum absolute atomic E-state index is 4.86. The summed E-state index contributed by atoms with van der Waals surface area (Å²) in [6, 6.07) is 2.99. The smallest absolute Gasteiger partial charge is 0.124 e. The maximum atomic E-state index is 4.86. The number of nitrogens with zero attached hydrogens (tertiary/aromatic N) is 2. The molecular weight excluding hydrogens is 198 g/mol. The second kappa shape index (κ2) is 3.02. The molecule has 0 spiro atoms. The van der Waals surface area contributed by atoms with Crippen LogP contribution < -0.4 is 5.32 Å². The molecule has 2 saturated carbocycles. The quantitative estimate of drug-likeness (QED) is 0.784. The Hall–Kier alpha value is -0.990. The highest BCUT2D eigenvalue weighted by molar-refractivity contribution is 5.42. The zero-order valence-electron chi connectivity index (χ0n) is 9.82. The molecule has 3 heteroatoms. The molecule has 3 aliphatic rings. The predicted molar refractivity (Wildman–Crippen MR) is 63.6 cm³/mol. The van der Waals surface area contributed by atoms with E-state index in [4.69, 9.17) is 5.10 Å². The molecule has 1 aliphatic heterocycles. The van der Waals surface area contributed by atoms with E-state index in [2.05, 4.69) is 23.0 Å². The van der Waals surface area contributed by atoms with Gasteiger partial charge in [-0.05, 0) is 31.1 Å². The van der Waals surface area contributed by atoms with Crippen molar-refractivity contribution in [1.82, 2.24) is 9.78 Å². The van der Waals surface area contributed by atoms with Crippen LogP contribution in [0.25, 0.3) is 0 Å². The highest BCUT2D eigenvalue weighted by Crippen LogP contribution is 2.48. The van der Waals surface area contributed by atoms with Crippen LogP contribution in [0.5, 0.6) is 0 Å². The van der Waals surface area contributed by atoms with E-state index in [1.807, 2.05) is 0 Å². The zero-order valence-corrected chi connectivity index (χ0v) is 9.82. The maximum Gasteiger partial charge on any atom is 0.124 e. The van der Waals surface area contributed by atoms with Crippen molar-refractivity contribution in [3.63, 3.8) is 0 Å². The van der Waals surface area contributed by atoms with Crippen molar-refractivity contribution < 1.29 is 0 Å². The van der Waals surface area contributed by atoms with E-state index in [1.165, 1.54) is 37.2 Å². The molecule has 4 unspecified atom stereocenters. The van der Waals surface area contributed by atoms with E-state index < -0.39 is 0 Å². The number of anilines is 1. The molecule has 1 N–H and O–H groups in total. The summed E-state index contributed by atoms with van der Waals surface area (Å²) in [5.74, 6) is 3.71. The van der Waals surface area contributed by atoms with E-state index in [0.717, 1.165) is 24.3 Å². The number of nitrogens with one attached hydrogen (secondary N) is 1. The number of hydrogen-bond acceptors (Lipinski definition) is 2. The van der Waals surface area contributed by atoms with Gasteiger partial charge in [-0.2, -0.15) is 5.10 Å². The van der Waals surface area contributed by atoms with Crippen LogP contribution in [0.1, 0.15) is 50.3 Å². The minimum Gasteiger partial charge on any atom is -0.370 e. The van der Waals surface area contributed by atoms with Crippen molar-refractivity contribution in [2.45, 2.75) is 44.6 Å². The average Bonchev–Trinajstić information content (AvgIpc) is 2.76. The van der Waals surface area contributed by atoms with Crippen molar-refractivity contribution in [2.24, 2.45) is 11.8 Å². The Morgan fingerprint density at radius 3 is 3.12 bits per heavy atom. The summed E-state index contributed by atoms with van der Waals surface area (Å²) < 4.78 is 2.29. The molecule has 0 aromatic carbocycles. The van der Waals surface area contributed by atoms with Gasteiger partial charge in [0.25, 0.3) is 0 Å². The lowest BCUT2D eigenvalue weighted by molar-refractivity contribution is 0.346. The third-order valence-electron chi connectivity index (χ3n) is 4.72. The summed E-state index contributed by atoms with van der Waals surface area (Å²) >= 11 is 0. The lowest BCUT2D eigenvalue weighted by atomic mass is 10.0. The fourth-order valence-corrected chi connectivity index (χ4v) is 3.53. The number of fused-ring (bicyclic) bond motifs is 3. The highest BCUT2D eigenvalue weighted by atomic mass is 15.4. The summed E-state index contributed by atoms with van der Waals surface area (Å²) in [6.45, 7) is 3.49. The third-order valence-corrected chi connectivity index (χ3v) is 4.72. The Balaban J connectivity index is 1.71. The second-order valence-corrected chi connectivity index (χ2v) is 5.86. The van der Waals surface area contributed by atoms with Crippen LogP contribution in [0.2, 0.25) is 0 Å². The van der Waals surface area contributed by atoms with Gasteiger partial charge in [0.05, 0.1) is 11.7 Å². The number of hydrogen-bond donors (Lipinski definition) is 1. The molecule has 4 rings (SSSR count). The molecule has 0 saturated heterocycles. The first-order valence-electron chi connectivity index (χ1n) is 6.66. The summed E-state index contributed by atoms with van der Waals surface area (Å²) in [6.07, 6.45) is 5.43. The molecule has 0 bridgehead atoms. The van der Waals surface area contributed by atoms with Crippen LogP contribution in [-0.2, 0) is 0 Å². The monoisotopic (exact) mass is 217 g/mol. The minimum absolute atomic E-state index is 0.694. The first-order chi connectivity index (χ1) is 7.83. The van der Waals surface area contributed by atoms with Crippen LogP contribution in [0.4, 0.5) is 5.82 Å². The normalized spacial score (nSPS) is 40.1. The van der Waals surface area contributed by atoms with Gasteiger partial charge in [0.15, 0.2) is 0 Å². The summed E-state index contributed by atoms with van der Waals surface area (Å²) in [4.78, 5) is 0. The molecule has 1 aromatic rings. The van der Waals surface area contributed by atoms with Gasteiger partial charge in [-0.1, -0.05) is 13.3 Å². The van der Waals surface area contributed by atoms with E-state index in [0.29, 0.717) is 6.04 Å². The standard InChI is InChI=1S/C13H19N3/c1-8-5-10(8)11-6-13-14-7-9-3-2-4-12(9)16(13)15-11/h6,8-10,12,14H,2-5,7H2,1H3. The van der Waals surface area contributed by atoms with Crippen LogP contribution in [0.15, 0.2) is 6.07 Å². The largest absolute Gasteiger partial charge is 0.370 e. The van der Waals surface area contributed by atoms with Crippen molar-refractivity contribution in [3.05, 3.63) is 11.8 Å². The van der Waals surface area contributed by atoms with Gasteiger partial charge >= 0.3 is 0 Å². The molecule has 4 atom stereocenters. The van der Waals surface area contributed by atoms with Gasteiger partial charge in [-0.3, -0.25) is 0 Å². The zero-order chi connectivity index (χ0) is 10.7. The Bertz CT molecular complexity index is 423. The fraction of sp³-hybridized carbons (Fsp3) is 0.769. The molecule has 0 amide bonds. The predicted octanol–water partition coefficient (Wildman–Crippen LogP) is 2.77. The first-order valence-corrected chi connectivity index (χ1v) is 6.66. The minimum atomic E-state index is 0.694. The van der Waals surface area contributed by atoms with Crippen molar-refractivity contribution in [3.8, 4) is 0 Å². The van der Waals surface area contributed by atoms with Gasteiger partial charge in [0.1, 0.15) is 5.82 Å². The molecule has 2 heterocycles. The van der Waals surface area contributed by atoms with Gasteiger partial charge in [0, 0.05) is 18.5 Å². The van der Waals surface area contributed by atoms with E-state index in [9.17, 15) is 0 Å². The topological polar surface area (TPSA) is 29.9 Å². The Kier molecular flexibility index (Phi) is 1.72. The van der Waals surface area contributed by atoms with Crippen LogP contribution >= 0.6 is 0 Å². The van der Waals surface area contributed by atoms with Gasteiger partial charge in [-0.25, -0.2) is 4.68 Å². The summed E-state index contributed by atoms with van der Waals surface area (Å²) in [7, 11) is 0. The second-order valence-electron chi connectivity index (χ2n) is 5.86. The molecule has 0 radical (unpaired) electrons. The van der Waals surface area contributed by atoms with Gasteiger partial charge in [0.2, 0.25) is 0 Å². The van der Waals surface area contributed by atoms with Gasteiger partial charge < -0.3 is 5.32 Å². The molecular formula is C13H19N3. The Morgan fingerprint density at radius 1 is 1.44 bits per heavy atom. The van der Waals surface area contributed by atoms with E-state index in [-0.39, 0.29) is 0 Å². The molecule has 86 valence electrons. The molecule has 3 nitrogen and oxygen atoms in total. The highest BCUT2D eigenvalue weighted by Gasteiger charge is 2.39. The van der Waals surface area contributed by atoms with E-state index in [1.54, 1.807) is 0 Å². The van der Waals surface area contributed by atoms with Crippen LogP contribution in [0.3, 0.4) is 0 Å².